The number of carboxylic acids is 1. The smallest absolute Gasteiger partial charge is 0.476 e. The molecule has 1 heterocycles. The van der Waals surface area contributed by atoms with Crippen LogP contribution in [0.5, 0.6) is 0 Å². The number of quaternary nitrogens is 2. The minimum Gasteiger partial charge on any atom is -0.476 e. The Hall–Kier alpha value is -1.31. The molecule has 0 radical (unpaired) electrons. The SMILES string of the molecule is O=C(O)c1[nH]c(=O)[nH]c(=O)c1F.[NH4+].[NH4+].[Pt+4]. The summed E-state index contributed by atoms with van der Waals surface area (Å²) in [6, 6.07) is 0. The van der Waals surface area contributed by atoms with Crippen molar-refractivity contribution in [2.24, 2.45) is 0 Å². The van der Waals surface area contributed by atoms with Gasteiger partial charge in [-0.2, -0.15) is 4.39 Å². The van der Waals surface area contributed by atoms with Crippen LogP contribution in [0.3, 0.4) is 0 Å². The summed E-state index contributed by atoms with van der Waals surface area (Å²) in [6.07, 6.45) is 0. The van der Waals surface area contributed by atoms with Gasteiger partial charge in [0.1, 0.15) is 0 Å². The molecule has 0 aliphatic rings. The quantitative estimate of drug-likeness (QED) is 0.429. The first kappa shape index (κ1) is 19.3. The van der Waals surface area contributed by atoms with Crippen molar-refractivity contribution in [2.45, 2.75) is 0 Å². The van der Waals surface area contributed by atoms with Gasteiger partial charge in [0, 0.05) is 0 Å². The number of aromatic carboxylic acids is 1. The molecule has 0 amide bonds. The Morgan fingerprint density at radius 3 is 2.07 bits per heavy atom. The zero-order valence-electron chi connectivity index (χ0n) is 7.87. The molecule has 10 heteroatoms. The number of aromatic nitrogens is 2. The van der Waals surface area contributed by atoms with Crippen LogP contribution in [0.4, 0.5) is 4.39 Å². The van der Waals surface area contributed by atoms with E-state index in [1.807, 2.05) is 0 Å². The third-order valence-electron chi connectivity index (χ3n) is 1.10. The number of hydrogen-bond acceptors (Lipinski definition) is 3. The Labute approximate surface area is 96.3 Å². The van der Waals surface area contributed by atoms with E-state index in [2.05, 4.69) is 0 Å². The van der Waals surface area contributed by atoms with E-state index >= 15 is 0 Å². The molecule has 0 unspecified atom stereocenters. The van der Waals surface area contributed by atoms with Gasteiger partial charge in [-0.3, -0.25) is 14.8 Å². The molecule has 0 aliphatic heterocycles. The topological polar surface area (TPSA) is 176 Å². The Morgan fingerprint density at radius 2 is 1.67 bits per heavy atom. The molecule has 1 aromatic rings. The van der Waals surface area contributed by atoms with Gasteiger partial charge < -0.3 is 17.4 Å². The molecule has 8 nitrogen and oxygen atoms in total. The predicted octanol–water partition coefficient (Wildman–Crippen LogP) is -0.350. The molecule has 15 heavy (non-hydrogen) atoms. The minimum absolute atomic E-state index is 0. The van der Waals surface area contributed by atoms with E-state index in [0.717, 1.165) is 0 Å². The molecule has 0 fully saturated rings. The van der Waals surface area contributed by atoms with Crippen LogP contribution in [-0.2, 0) is 21.1 Å². The van der Waals surface area contributed by atoms with Crippen molar-refractivity contribution < 1.29 is 35.4 Å². The number of carbonyl (C=O) groups is 1. The van der Waals surface area contributed by atoms with Gasteiger partial charge in [-0.15, -0.1) is 0 Å². The van der Waals surface area contributed by atoms with Crippen LogP contribution in [0.2, 0.25) is 0 Å². The van der Waals surface area contributed by atoms with Crippen molar-refractivity contribution in [3.63, 3.8) is 0 Å². The zero-order chi connectivity index (χ0) is 9.30. The van der Waals surface area contributed by atoms with E-state index in [1.54, 1.807) is 4.98 Å². The van der Waals surface area contributed by atoms with Crippen molar-refractivity contribution in [1.82, 2.24) is 22.3 Å². The minimum atomic E-state index is -1.70. The average molecular weight is 405 g/mol. The largest absolute Gasteiger partial charge is 4.00 e. The van der Waals surface area contributed by atoms with Crippen molar-refractivity contribution in [1.29, 1.82) is 0 Å². The molecular formula is C5H11FN4O4Pt+6. The third-order valence-corrected chi connectivity index (χ3v) is 1.10. The summed E-state index contributed by atoms with van der Waals surface area (Å²) in [5.74, 6) is -3.21. The number of aromatic amines is 2. The van der Waals surface area contributed by atoms with Gasteiger partial charge in [0.2, 0.25) is 5.82 Å². The predicted molar refractivity (Wildman–Crippen MR) is 46.6 cm³/mol. The molecule has 0 atom stereocenters. The third kappa shape index (κ3) is 4.15. The standard InChI is InChI=1S/C5H3FN2O4.2H3N.Pt/c6-1-2(4(10)11)7-5(12)8-3(1)9;;;/h(H,10,11)(H2,7,8,9,12);2*1H3;/q;;;+4/p+2. The molecule has 0 spiro atoms. The Balaban J connectivity index is -0.000000480. The summed E-state index contributed by atoms with van der Waals surface area (Å²) < 4.78 is 12.5. The van der Waals surface area contributed by atoms with Gasteiger partial charge in [0.15, 0.2) is 5.69 Å². The van der Waals surface area contributed by atoms with Gasteiger partial charge >= 0.3 is 32.7 Å². The molecule has 0 bridgehead atoms. The molecular weight excluding hydrogens is 394 g/mol. The molecule has 1 rings (SSSR count). The molecule has 11 N–H and O–H groups in total. The molecule has 1 aromatic heterocycles. The number of carboxylic acid groups (broad SMARTS) is 1. The molecule has 0 saturated carbocycles. The monoisotopic (exact) mass is 405 g/mol. The van der Waals surface area contributed by atoms with Crippen LogP contribution in [0.15, 0.2) is 9.59 Å². The van der Waals surface area contributed by atoms with E-state index in [4.69, 9.17) is 5.11 Å². The first-order valence-corrected chi connectivity index (χ1v) is 2.77. The zero-order valence-corrected chi connectivity index (χ0v) is 10.1. The van der Waals surface area contributed by atoms with Crippen LogP contribution in [0, 0.1) is 5.82 Å². The van der Waals surface area contributed by atoms with Crippen LogP contribution >= 0.6 is 0 Å². The fourth-order valence-corrected chi connectivity index (χ4v) is 0.619. The van der Waals surface area contributed by atoms with E-state index in [-0.39, 0.29) is 33.4 Å². The molecule has 0 aliphatic carbocycles. The van der Waals surface area contributed by atoms with Crippen molar-refractivity contribution in [3.8, 4) is 0 Å². The summed E-state index contributed by atoms with van der Waals surface area (Å²) in [4.78, 5) is 34.2. The van der Waals surface area contributed by atoms with Gasteiger partial charge in [0.05, 0.1) is 0 Å². The Morgan fingerprint density at radius 1 is 1.20 bits per heavy atom. The maximum Gasteiger partial charge on any atom is 4.00 e. The molecule has 0 aromatic carbocycles. The van der Waals surface area contributed by atoms with E-state index < -0.39 is 28.7 Å². The first-order chi connectivity index (χ1) is 5.52. The number of hydrogen-bond donors (Lipinski definition) is 5. The maximum atomic E-state index is 12.5. The Kier molecular flexibility index (Phi) is 9.06. The summed E-state index contributed by atoms with van der Waals surface area (Å²) in [6.45, 7) is 0. The average Bonchev–Trinajstić information content (AvgIpc) is 1.96. The summed E-state index contributed by atoms with van der Waals surface area (Å²) in [7, 11) is 0. The second-order valence-corrected chi connectivity index (χ2v) is 1.90. The van der Waals surface area contributed by atoms with Crippen LogP contribution in [0.25, 0.3) is 0 Å². The van der Waals surface area contributed by atoms with E-state index in [0.29, 0.717) is 0 Å². The van der Waals surface area contributed by atoms with Crippen molar-refractivity contribution >= 4 is 5.97 Å². The summed E-state index contributed by atoms with van der Waals surface area (Å²) in [5.41, 5.74) is -3.45. The molecule has 0 saturated heterocycles. The van der Waals surface area contributed by atoms with Crippen LogP contribution in [0.1, 0.15) is 10.5 Å². The second kappa shape index (κ2) is 7.04. The van der Waals surface area contributed by atoms with Gasteiger partial charge in [0.25, 0.3) is 5.56 Å². The van der Waals surface area contributed by atoms with Crippen molar-refractivity contribution in [2.75, 3.05) is 0 Å². The van der Waals surface area contributed by atoms with Crippen LogP contribution < -0.4 is 23.6 Å². The number of H-pyrrole nitrogens is 2. The fraction of sp³-hybridized carbons (Fsp3) is 0. The van der Waals surface area contributed by atoms with Gasteiger partial charge in [-0.25, -0.2) is 9.59 Å². The normalized spacial score (nSPS) is 7.80. The van der Waals surface area contributed by atoms with E-state index in [1.165, 1.54) is 4.98 Å². The molecule has 86 valence electrons. The van der Waals surface area contributed by atoms with Gasteiger partial charge in [-0.05, 0) is 0 Å². The van der Waals surface area contributed by atoms with E-state index in [9.17, 15) is 18.8 Å². The number of halogens is 1. The van der Waals surface area contributed by atoms with Crippen molar-refractivity contribution in [3.05, 3.63) is 32.3 Å². The maximum absolute atomic E-state index is 12.5. The number of rotatable bonds is 1. The summed E-state index contributed by atoms with van der Waals surface area (Å²) >= 11 is 0. The summed E-state index contributed by atoms with van der Waals surface area (Å²) in [5, 5.41) is 8.25. The fourth-order valence-electron chi connectivity index (χ4n) is 0.619. The second-order valence-electron chi connectivity index (χ2n) is 1.90. The number of nitrogens with one attached hydrogen (secondary N) is 2. The first-order valence-electron chi connectivity index (χ1n) is 2.77. The van der Waals surface area contributed by atoms with Gasteiger partial charge in [-0.1, -0.05) is 0 Å². The Bertz CT molecular complexity index is 441. The van der Waals surface area contributed by atoms with Crippen LogP contribution in [-0.4, -0.2) is 21.0 Å².